The molecule has 8 aromatic heterocycles. The number of nitriles is 4. The van der Waals surface area contributed by atoms with E-state index in [0.29, 0.717) is 56.4 Å². The Hall–Kier alpha value is -17.7. The fraction of sp³-hybridized carbons (Fsp3) is 0. The third-order valence-corrected chi connectivity index (χ3v) is 25.7. The zero-order valence-electron chi connectivity index (χ0n) is 66.3. The summed E-state index contributed by atoms with van der Waals surface area (Å²) in [4.78, 5) is 0. The fourth-order valence-electron chi connectivity index (χ4n) is 20.9. The Kier molecular flexibility index (Phi) is 15.1. The Balaban J connectivity index is 0.000000136. The summed E-state index contributed by atoms with van der Waals surface area (Å²) in [7, 11) is 0. The van der Waals surface area contributed by atoms with Crippen molar-refractivity contribution in [3.8, 4) is 69.8 Å². The van der Waals surface area contributed by atoms with Gasteiger partial charge in [-0.05, 0) is 97.1 Å². The predicted molar refractivity (Wildman–Crippen MR) is 506 cm³/mol. The van der Waals surface area contributed by atoms with Crippen LogP contribution < -0.4 is 0 Å². The maximum Gasteiger partial charge on any atom is 0.104 e. The first-order chi connectivity index (χ1) is 61.5. The molecule has 0 aliphatic carbocycles. The van der Waals surface area contributed by atoms with Gasteiger partial charge in [-0.25, -0.2) is 0 Å². The van der Waals surface area contributed by atoms with E-state index in [0.717, 1.165) is 186 Å². The van der Waals surface area contributed by atoms with Crippen molar-refractivity contribution in [2.24, 2.45) is 0 Å². The maximum atomic E-state index is 12.1. The molecule has 0 radical (unpaired) electrons. The minimum atomic E-state index is 0.390. The van der Waals surface area contributed by atoms with Crippen molar-refractivity contribution in [2.75, 3.05) is 0 Å². The number of para-hydroxylation sites is 16. The van der Waals surface area contributed by atoms with E-state index in [2.05, 4.69) is 401 Å². The van der Waals surface area contributed by atoms with Crippen LogP contribution >= 0.6 is 0 Å². The topological polar surface area (TPSA) is 135 Å². The average molecular weight is 1580 g/mol. The normalized spacial score (nSPS) is 11.8. The van der Waals surface area contributed by atoms with E-state index in [-0.39, 0.29) is 0 Å². The van der Waals surface area contributed by atoms with Gasteiger partial charge in [-0.3, -0.25) is 0 Å². The fourth-order valence-corrected chi connectivity index (χ4v) is 20.9. The summed E-state index contributed by atoms with van der Waals surface area (Å²) >= 11 is 0. The number of hydrogen-bond donors (Lipinski definition) is 0. The van der Waals surface area contributed by atoms with E-state index in [1.54, 1.807) is 0 Å². The summed E-state index contributed by atoms with van der Waals surface area (Å²) < 4.78 is 18.0. The third kappa shape index (κ3) is 9.50. The number of nitrogens with zero attached hydrogens (tertiary/aromatic N) is 12. The zero-order valence-corrected chi connectivity index (χ0v) is 66.3. The molecule has 0 aliphatic rings. The van der Waals surface area contributed by atoms with Crippen LogP contribution in [-0.4, -0.2) is 36.5 Å². The minimum Gasteiger partial charge on any atom is -0.306 e. The van der Waals surface area contributed by atoms with Crippen LogP contribution in [0.3, 0.4) is 0 Å². The molecule has 0 aliphatic heterocycles. The zero-order chi connectivity index (χ0) is 82.1. The van der Waals surface area contributed by atoms with E-state index in [4.69, 9.17) is 0 Å². The number of rotatable bonds is 8. The molecule has 12 heteroatoms. The average Bonchev–Trinajstić information content (AvgIpc) is 1.49. The number of fused-ring (bicyclic) bond motifs is 24. The van der Waals surface area contributed by atoms with E-state index in [9.17, 15) is 21.0 Å². The smallest absolute Gasteiger partial charge is 0.104 e. The molecule has 8 heterocycles. The highest BCUT2D eigenvalue weighted by Gasteiger charge is 2.38. The first kappa shape index (κ1) is 69.4. The monoisotopic (exact) mass is 1580 g/mol. The van der Waals surface area contributed by atoms with Crippen LogP contribution in [0.25, 0.3) is 220 Å². The number of benzene rings is 18. The summed E-state index contributed by atoms with van der Waals surface area (Å²) in [6, 6.07) is 146. The lowest BCUT2D eigenvalue weighted by molar-refractivity contribution is 1.02. The SMILES string of the molecule is N#Cc1c(-n2c3ccccc3c3ccccc32)c(C#N)c(-n2c3ccccc3c3ccccc32)c(-n2c3ccccc3c3ccccc32)c1-n1c2ccccc2c2ccccc21.N#Cc1c(-n2c3ccccc3c3ccccc32)c(C#N)c(-n2c3ccccc3c3ccccc32)c(-n2c3ccccc3c3ccccc32)c1-n1c2ccccc2c2ccccc21. The van der Waals surface area contributed by atoms with Crippen molar-refractivity contribution in [1.82, 2.24) is 36.5 Å². The summed E-state index contributed by atoms with van der Waals surface area (Å²) in [5.74, 6) is 0. The molecule has 0 spiro atoms. The van der Waals surface area contributed by atoms with Gasteiger partial charge in [-0.15, -0.1) is 0 Å². The molecule has 0 fully saturated rings. The van der Waals surface area contributed by atoms with Crippen molar-refractivity contribution in [1.29, 1.82) is 21.0 Å². The van der Waals surface area contributed by atoms with Crippen LogP contribution in [0, 0.1) is 45.3 Å². The Morgan fingerprint density at radius 3 is 0.306 bits per heavy atom. The summed E-state index contributed by atoms with van der Waals surface area (Å²) in [6.45, 7) is 0. The van der Waals surface area contributed by atoms with E-state index < -0.39 is 0 Å². The van der Waals surface area contributed by atoms with Gasteiger partial charge in [-0.1, -0.05) is 291 Å². The molecule has 26 rings (SSSR count). The van der Waals surface area contributed by atoms with Gasteiger partial charge < -0.3 is 36.5 Å². The molecule has 572 valence electrons. The van der Waals surface area contributed by atoms with Gasteiger partial charge in [0.2, 0.25) is 0 Å². The molecule has 0 saturated heterocycles. The van der Waals surface area contributed by atoms with Crippen LogP contribution in [-0.2, 0) is 0 Å². The molecular formula is C112H64N12. The minimum absolute atomic E-state index is 0.390. The van der Waals surface area contributed by atoms with E-state index >= 15 is 0 Å². The Bertz CT molecular complexity index is 8080. The van der Waals surface area contributed by atoms with Gasteiger partial charge in [0.25, 0.3) is 0 Å². The van der Waals surface area contributed by atoms with Gasteiger partial charge in [-0.2, -0.15) is 21.0 Å². The van der Waals surface area contributed by atoms with Crippen molar-refractivity contribution < 1.29 is 0 Å². The highest BCUT2D eigenvalue weighted by Crippen LogP contribution is 2.53. The highest BCUT2D eigenvalue weighted by atomic mass is 15.2. The van der Waals surface area contributed by atoms with E-state index in [1.807, 2.05) is 48.5 Å². The van der Waals surface area contributed by atoms with Crippen molar-refractivity contribution in [3.63, 3.8) is 0 Å². The van der Waals surface area contributed by atoms with Crippen LogP contribution in [0.5, 0.6) is 0 Å². The largest absolute Gasteiger partial charge is 0.306 e. The van der Waals surface area contributed by atoms with Gasteiger partial charge >= 0.3 is 0 Å². The van der Waals surface area contributed by atoms with Gasteiger partial charge in [0, 0.05) is 86.2 Å². The van der Waals surface area contributed by atoms with Crippen LogP contribution in [0.4, 0.5) is 0 Å². The molecule has 18 aromatic carbocycles. The van der Waals surface area contributed by atoms with E-state index in [1.165, 1.54) is 0 Å². The summed E-state index contributed by atoms with van der Waals surface area (Å²) in [5, 5.41) is 65.5. The van der Waals surface area contributed by atoms with Crippen LogP contribution in [0.15, 0.2) is 388 Å². The summed E-state index contributed by atoms with van der Waals surface area (Å²) in [6.07, 6.45) is 0. The van der Waals surface area contributed by atoms with Crippen molar-refractivity contribution in [3.05, 3.63) is 411 Å². The molecule has 0 N–H and O–H groups in total. The quantitative estimate of drug-likeness (QED) is 0.150. The first-order valence-electron chi connectivity index (χ1n) is 41.5. The number of hydrogen-bond acceptors (Lipinski definition) is 4. The summed E-state index contributed by atoms with van der Waals surface area (Å²) in [5.41, 5.74) is 22.0. The first-order valence-corrected chi connectivity index (χ1v) is 41.5. The maximum absolute atomic E-state index is 12.1. The van der Waals surface area contributed by atoms with Crippen molar-refractivity contribution in [2.45, 2.75) is 0 Å². The van der Waals surface area contributed by atoms with Crippen LogP contribution in [0.2, 0.25) is 0 Å². The lowest BCUT2D eigenvalue weighted by atomic mass is 9.98. The molecule has 0 atom stereocenters. The molecule has 0 amide bonds. The second-order valence-electron chi connectivity index (χ2n) is 31.7. The second kappa shape index (κ2) is 26.9. The molecule has 124 heavy (non-hydrogen) atoms. The number of aromatic nitrogens is 8. The van der Waals surface area contributed by atoms with Crippen molar-refractivity contribution >= 4 is 174 Å². The predicted octanol–water partition coefficient (Wildman–Crippen LogP) is 27.6. The lowest BCUT2D eigenvalue weighted by Crippen LogP contribution is -2.16. The molecule has 26 aromatic rings. The Labute approximate surface area is 707 Å². The molecule has 12 nitrogen and oxygen atoms in total. The molecule has 0 bridgehead atoms. The molecule has 0 saturated carbocycles. The Morgan fingerprint density at radius 2 is 0.202 bits per heavy atom. The van der Waals surface area contributed by atoms with Gasteiger partial charge in [0.1, 0.15) is 46.5 Å². The lowest BCUT2D eigenvalue weighted by Gasteiger charge is -2.27. The second-order valence-corrected chi connectivity index (χ2v) is 31.7. The van der Waals surface area contributed by atoms with Crippen LogP contribution in [0.1, 0.15) is 22.3 Å². The highest BCUT2D eigenvalue weighted by molar-refractivity contribution is 6.20. The molecular weight excluding hydrogens is 1510 g/mol. The standard InChI is InChI=1S/2C56H32N6/c2*57-33-43-53(59-45-25-9-1-17-35(45)36-18-2-10-26-46(36)59)44(34-58)55(61-49-29-13-5-21-39(49)40-22-6-14-30-50(40)61)56(62-51-31-15-7-23-41(51)42-24-8-16-32-52(42)62)54(43)60-47-27-11-3-19-37(47)38-20-4-12-28-48(38)60/h2*1-32H. The van der Waals surface area contributed by atoms with Gasteiger partial charge in [0.05, 0.1) is 134 Å². The van der Waals surface area contributed by atoms with Gasteiger partial charge in [0.15, 0.2) is 0 Å². The third-order valence-electron chi connectivity index (χ3n) is 25.7. The molecule has 0 unspecified atom stereocenters. The Morgan fingerprint density at radius 1 is 0.113 bits per heavy atom.